The Bertz CT molecular complexity index is 1360. The summed E-state index contributed by atoms with van der Waals surface area (Å²) in [7, 11) is 0. The third kappa shape index (κ3) is 9.36. The average molecular weight is 599 g/mol. The number of aryl methyl sites for hydroxylation is 2. The van der Waals surface area contributed by atoms with Gasteiger partial charge in [0, 0.05) is 30.7 Å². The Kier molecular flexibility index (Phi) is 12.4. The van der Waals surface area contributed by atoms with Crippen LogP contribution >= 0.6 is 47.9 Å². The Labute approximate surface area is 260 Å². The number of thiol groups is 2. The summed E-state index contributed by atoms with van der Waals surface area (Å²) >= 11 is 12.5. The molecule has 0 nitrogen and oxygen atoms in total. The van der Waals surface area contributed by atoms with E-state index in [2.05, 4.69) is 74.9 Å². The first-order chi connectivity index (χ1) is 19.6. The van der Waals surface area contributed by atoms with E-state index in [0.29, 0.717) is 0 Å². The predicted octanol–water partition coefficient (Wildman–Crippen LogP) is 11.1. The Morgan fingerprint density at radius 1 is 0.525 bits per heavy atom. The van der Waals surface area contributed by atoms with Gasteiger partial charge < -0.3 is 0 Å². The molecule has 0 unspecified atom stereocenters. The topological polar surface area (TPSA) is 0 Å². The monoisotopic (exact) mass is 598 g/mol. The maximum absolute atomic E-state index is 4.41. The first-order valence-electron chi connectivity index (χ1n) is 14.4. The fourth-order valence-electron chi connectivity index (χ4n) is 4.52. The van der Waals surface area contributed by atoms with E-state index in [9.17, 15) is 0 Å². The van der Waals surface area contributed by atoms with Gasteiger partial charge in [0.1, 0.15) is 0 Å². The second-order valence-corrected chi connectivity index (χ2v) is 13.3. The van der Waals surface area contributed by atoms with Gasteiger partial charge in [-0.05, 0) is 97.5 Å². The molecule has 0 bridgehead atoms. The molecule has 0 aliphatic carbocycles. The van der Waals surface area contributed by atoms with Gasteiger partial charge in [0.2, 0.25) is 0 Å². The molecular formula is C36H38S4. The van der Waals surface area contributed by atoms with Crippen LogP contribution in [0.15, 0.2) is 70.5 Å². The lowest BCUT2D eigenvalue weighted by molar-refractivity contribution is 0.667. The van der Waals surface area contributed by atoms with Gasteiger partial charge >= 0.3 is 0 Å². The highest BCUT2D eigenvalue weighted by molar-refractivity contribution is 7.80. The van der Waals surface area contributed by atoms with E-state index in [1.54, 1.807) is 0 Å². The van der Waals surface area contributed by atoms with Crippen LogP contribution in [0.3, 0.4) is 0 Å². The Morgan fingerprint density at radius 3 is 1.30 bits per heavy atom. The second-order valence-electron chi connectivity index (χ2n) is 10.1. The van der Waals surface area contributed by atoms with Gasteiger partial charge in [0.05, 0.1) is 9.75 Å². The Morgan fingerprint density at radius 2 is 0.925 bits per heavy atom. The van der Waals surface area contributed by atoms with E-state index >= 15 is 0 Å². The van der Waals surface area contributed by atoms with Crippen LogP contribution in [0.25, 0.3) is 9.75 Å². The van der Waals surface area contributed by atoms with Crippen molar-refractivity contribution < 1.29 is 0 Å². The van der Waals surface area contributed by atoms with Gasteiger partial charge in [-0.15, -0.1) is 47.9 Å². The highest BCUT2D eigenvalue weighted by Crippen LogP contribution is 2.38. The molecule has 0 saturated heterocycles. The van der Waals surface area contributed by atoms with Crippen LogP contribution in [0, 0.1) is 23.7 Å². The van der Waals surface area contributed by atoms with E-state index < -0.39 is 0 Å². The molecule has 0 N–H and O–H groups in total. The normalized spacial score (nSPS) is 10.6. The SMILES string of the molecule is CCCCCCc1cc(-c2cc(CCCCCC)c(C#Cc3ccc(S)cc3)s2)sc1C#Cc1ccc(S)cc1. The zero-order valence-corrected chi connectivity index (χ0v) is 27.0. The molecule has 4 rings (SSSR count). The molecule has 0 radical (unpaired) electrons. The number of rotatable bonds is 11. The van der Waals surface area contributed by atoms with Crippen molar-refractivity contribution in [2.75, 3.05) is 0 Å². The molecule has 0 saturated carbocycles. The molecule has 2 aromatic carbocycles. The lowest BCUT2D eigenvalue weighted by atomic mass is 10.1. The van der Waals surface area contributed by atoms with Crippen molar-refractivity contribution in [2.24, 2.45) is 0 Å². The van der Waals surface area contributed by atoms with Gasteiger partial charge in [-0.1, -0.05) is 76.1 Å². The summed E-state index contributed by atoms with van der Waals surface area (Å²) in [6, 6.07) is 21.0. The summed E-state index contributed by atoms with van der Waals surface area (Å²) in [5, 5.41) is 0. The number of benzene rings is 2. The smallest absolute Gasteiger partial charge is 0.0811 e. The Hall–Kier alpha value is -2.34. The average Bonchev–Trinajstić information content (AvgIpc) is 3.57. The summed E-state index contributed by atoms with van der Waals surface area (Å²) in [6.45, 7) is 4.53. The summed E-state index contributed by atoms with van der Waals surface area (Å²) in [4.78, 5) is 6.93. The van der Waals surface area contributed by atoms with Crippen molar-refractivity contribution in [2.45, 2.75) is 87.8 Å². The standard InChI is InChI=1S/C36H38S4/c1-3-5-7-9-11-29-25-35(39-33(29)23-17-27-13-19-31(37)20-14-27)36-26-30(12-10-8-6-4-2)34(40-36)24-18-28-15-21-32(38)22-16-28/h13-16,19-22,25-26,37-38H,3-12H2,1-2H3. The summed E-state index contributed by atoms with van der Waals surface area (Å²) in [6.07, 6.45) is 12.2. The van der Waals surface area contributed by atoms with Crippen LogP contribution in [0.2, 0.25) is 0 Å². The van der Waals surface area contributed by atoms with Gasteiger partial charge in [0.25, 0.3) is 0 Å². The minimum atomic E-state index is 0.960. The van der Waals surface area contributed by atoms with Crippen molar-refractivity contribution in [1.82, 2.24) is 0 Å². The summed E-state index contributed by atoms with van der Waals surface area (Å²) in [5.41, 5.74) is 4.82. The molecule has 0 aliphatic rings. The van der Waals surface area contributed by atoms with E-state index in [1.807, 2.05) is 71.2 Å². The van der Waals surface area contributed by atoms with E-state index in [4.69, 9.17) is 0 Å². The summed E-state index contributed by atoms with van der Waals surface area (Å²) in [5.74, 6) is 13.8. The molecule has 0 aliphatic heterocycles. The highest BCUT2D eigenvalue weighted by atomic mass is 32.1. The van der Waals surface area contributed by atoms with Crippen molar-refractivity contribution in [1.29, 1.82) is 0 Å². The molecule has 2 heterocycles. The maximum Gasteiger partial charge on any atom is 0.0811 e. The molecular weight excluding hydrogens is 561 g/mol. The fourth-order valence-corrected chi connectivity index (χ4v) is 7.01. The predicted molar refractivity (Wildman–Crippen MR) is 183 cm³/mol. The lowest BCUT2D eigenvalue weighted by Gasteiger charge is -1.99. The largest absolute Gasteiger partial charge is 0.143 e. The summed E-state index contributed by atoms with van der Waals surface area (Å²) < 4.78 is 0. The molecule has 0 fully saturated rings. The molecule has 0 spiro atoms. The lowest BCUT2D eigenvalue weighted by Crippen LogP contribution is -1.86. The van der Waals surface area contributed by atoms with E-state index in [-0.39, 0.29) is 0 Å². The Balaban J connectivity index is 1.65. The zero-order valence-electron chi connectivity index (χ0n) is 23.6. The number of hydrogen-bond donors (Lipinski definition) is 2. The van der Waals surface area contributed by atoms with Gasteiger partial charge in [-0.3, -0.25) is 0 Å². The van der Waals surface area contributed by atoms with Crippen LogP contribution < -0.4 is 0 Å². The molecule has 4 heteroatoms. The van der Waals surface area contributed by atoms with Crippen LogP contribution in [-0.2, 0) is 12.8 Å². The van der Waals surface area contributed by atoms with Crippen LogP contribution in [-0.4, -0.2) is 0 Å². The number of thiophene rings is 2. The molecule has 206 valence electrons. The first kappa shape index (κ1) is 30.6. The van der Waals surface area contributed by atoms with Gasteiger partial charge in [-0.2, -0.15) is 0 Å². The van der Waals surface area contributed by atoms with Crippen molar-refractivity contribution >= 4 is 47.9 Å². The molecule has 0 atom stereocenters. The number of unbranched alkanes of at least 4 members (excludes halogenated alkanes) is 6. The molecule has 2 aromatic heterocycles. The number of hydrogen-bond acceptors (Lipinski definition) is 4. The maximum atomic E-state index is 4.41. The first-order valence-corrected chi connectivity index (χ1v) is 17.0. The van der Waals surface area contributed by atoms with Gasteiger partial charge in [-0.25, -0.2) is 0 Å². The van der Waals surface area contributed by atoms with Crippen molar-refractivity contribution in [3.63, 3.8) is 0 Å². The quantitative estimate of drug-likeness (QED) is 0.0957. The fraction of sp³-hybridized carbons (Fsp3) is 0.333. The van der Waals surface area contributed by atoms with Crippen molar-refractivity contribution in [3.05, 3.63) is 92.7 Å². The van der Waals surface area contributed by atoms with Crippen LogP contribution in [0.1, 0.15) is 97.2 Å². The van der Waals surface area contributed by atoms with Crippen LogP contribution in [0.4, 0.5) is 0 Å². The van der Waals surface area contributed by atoms with Crippen molar-refractivity contribution in [3.8, 4) is 33.4 Å². The van der Waals surface area contributed by atoms with E-state index in [1.165, 1.54) is 82.0 Å². The molecule has 0 amide bonds. The minimum absolute atomic E-state index is 0.960. The molecule has 40 heavy (non-hydrogen) atoms. The zero-order chi connectivity index (χ0) is 28.2. The van der Waals surface area contributed by atoms with Crippen LogP contribution in [0.5, 0.6) is 0 Å². The minimum Gasteiger partial charge on any atom is -0.143 e. The second kappa shape index (κ2) is 16.2. The van der Waals surface area contributed by atoms with Gasteiger partial charge in [0.15, 0.2) is 0 Å². The highest BCUT2D eigenvalue weighted by Gasteiger charge is 2.14. The third-order valence-electron chi connectivity index (χ3n) is 6.84. The molecule has 4 aromatic rings. The third-order valence-corrected chi connectivity index (χ3v) is 9.81. The van der Waals surface area contributed by atoms with E-state index in [0.717, 1.165) is 33.8 Å².